The van der Waals surface area contributed by atoms with Crippen molar-refractivity contribution in [3.63, 3.8) is 0 Å². The number of anilines is 1. The van der Waals surface area contributed by atoms with Crippen LogP contribution >= 0.6 is 0 Å². The molecule has 0 radical (unpaired) electrons. The van der Waals surface area contributed by atoms with Gasteiger partial charge in [0.2, 0.25) is 5.76 Å². The number of nitriles is 1. The Balaban J connectivity index is 1.73. The first-order valence-electron chi connectivity index (χ1n) is 9.63. The van der Waals surface area contributed by atoms with Crippen molar-refractivity contribution in [2.45, 2.75) is 6.61 Å². The zero-order chi connectivity index (χ0) is 23.8. The molecular formula is C24H20N2O7. The number of amides is 1. The Morgan fingerprint density at radius 3 is 2.58 bits per heavy atom. The molecule has 0 aliphatic rings. The number of carbonyl (C=O) groups is 2. The highest BCUT2D eigenvalue weighted by molar-refractivity contribution is 6.09. The molecule has 3 rings (SSSR count). The quantitative estimate of drug-likeness (QED) is 0.369. The van der Waals surface area contributed by atoms with Crippen LogP contribution in [0.3, 0.4) is 0 Å². The number of hydrogen-bond donors (Lipinski definition) is 2. The number of aromatic carboxylic acids is 1. The zero-order valence-electron chi connectivity index (χ0n) is 17.8. The third kappa shape index (κ3) is 5.92. The third-order valence-corrected chi connectivity index (χ3v) is 4.43. The summed E-state index contributed by atoms with van der Waals surface area (Å²) in [5.41, 5.74) is 0.929. The van der Waals surface area contributed by atoms with E-state index >= 15 is 0 Å². The van der Waals surface area contributed by atoms with Gasteiger partial charge in [-0.3, -0.25) is 4.79 Å². The predicted molar refractivity (Wildman–Crippen MR) is 118 cm³/mol. The summed E-state index contributed by atoms with van der Waals surface area (Å²) in [5.74, 6) is -0.279. The topological polar surface area (TPSA) is 131 Å². The second-order valence-electron chi connectivity index (χ2n) is 6.63. The van der Waals surface area contributed by atoms with Crippen LogP contribution in [0.2, 0.25) is 0 Å². The molecule has 1 amide bonds. The van der Waals surface area contributed by atoms with Gasteiger partial charge in [0.1, 0.15) is 29.8 Å². The highest BCUT2D eigenvalue weighted by atomic mass is 16.5. The number of ether oxygens (including phenoxy) is 3. The van der Waals surface area contributed by atoms with E-state index in [1.54, 1.807) is 42.5 Å². The first-order valence-corrected chi connectivity index (χ1v) is 9.63. The van der Waals surface area contributed by atoms with Crippen LogP contribution in [0.5, 0.6) is 17.2 Å². The number of hydrogen-bond acceptors (Lipinski definition) is 7. The smallest absolute Gasteiger partial charge is 0.371 e. The fraction of sp³-hybridized carbons (Fsp3) is 0.125. The van der Waals surface area contributed by atoms with Gasteiger partial charge in [0, 0.05) is 11.8 Å². The molecule has 2 N–H and O–H groups in total. The lowest BCUT2D eigenvalue weighted by molar-refractivity contribution is -0.112. The van der Waals surface area contributed by atoms with E-state index in [9.17, 15) is 14.9 Å². The molecule has 9 nitrogen and oxygen atoms in total. The summed E-state index contributed by atoms with van der Waals surface area (Å²) in [6.45, 7) is -0.00871. The maximum Gasteiger partial charge on any atom is 0.371 e. The average molecular weight is 448 g/mol. The standard InChI is InChI=1S/C24H20N2O7/c1-30-18-5-3-4-17(12-18)26-23(27)16(13-25)10-15-6-8-20(22(11-15)31-2)32-14-19-7-9-21(33-19)24(28)29/h3-12H,14H2,1-2H3,(H,26,27)(H,28,29)/b16-10-. The number of nitrogens with zero attached hydrogens (tertiary/aromatic N) is 1. The molecule has 0 bridgehead atoms. The van der Waals surface area contributed by atoms with Crippen molar-refractivity contribution in [3.8, 4) is 23.3 Å². The predicted octanol–water partition coefficient (Wildman–Crippen LogP) is 4.12. The molecule has 1 heterocycles. The summed E-state index contributed by atoms with van der Waals surface area (Å²) in [6.07, 6.45) is 1.42. The van der Waals surface area contributed by atoms with Crippen LogP contribution < -0.4 is 19.5 Å². The second-order valence-corrected chi connectivity index (χ2v) is 6.63. The Morgan fingerprint density at radius 1 is 1.09 bits per heavy atom. The number of nitrogens with one attached hydrogen (secondary N) is 1. The molecule has 0 atom stereocenters. The van der Waals surface area contributed by atoms with E-state index in [0.717, 1.165) is 0 Å². The number of carboxylic acid groups (broad SMARTS) is 1. The van der Waals surface area contributed by atoms with Gasteiger partial charge >= 0.3 is 5.97 Å². The van der Waals surface area contributed by atoms with Crippen LogP contribution in [-0.2, 0) is 11.4 Å². The number of carboxylic acids is 1. The number of furan rings is 1. The van der Waals surface area contributed by atoms with E-state index in [1.807, 2.05) is 6.07 Å². The minimum Gasteiger partial charge on any atom is -0.497 e. The van der Waals surface area contributed by atoms with Gasteiger partial charge in [-0.25, -0.2) is 4.79 Å². The van der Waals surface area contributed by atoms with E-state index in [4.69, 9.17) is 23.7 Å². The van der Waals surface area contributed by atoms with Crippen LogP contribution in [0.15, 0.2) is 64.6 Å². The zero-order valence-corrected chi connectivity index (χ0v) is 17.8. The summed E-state index contributed by atoms with van der Waals surface area (Å²) in [6, 6.07) is 16.4. The summed E-state index contributed by atoms with van der Waals surface area (Å²) in [4.78, 5) is 23.4. The van der Waals surface area contributed by atoms with E-state index in [2.05, 4.69) is 5.32 Å². The monoisotopic (exact) mass is 448 g/mol. The van der Waals surface area contributed by atoms with Gasteiger partial charge in [-0.2, -0.15) is 5.26 Å². The maximum atomic E-state index is 12.5. The van der Waals surface area contributed by atoms with E-state index in [-0.39, 0.29) is 17.9 Å². The summed E-state index contributed by atoms with van der Waals surface area (Å²) >= 11 is 0. The fourth-order valence-electron chi connectivity index (χ4n) is 2.83. The molecule has 33 heavy (non-hydrogen) atoms. The van der Waals surface area contributed by atoms with Gasteiger partial charge in [-0.1, -0.05) is 12.1 Å². The van der Waals surface area contributed by atoms with Crippen molar-refractivity contribution in [1.29, 1.82) is 5.26 Å². The molecule has 168 valence electrons. The first-order chi connectivity index (χ1) is 15.9. The Morgan fingerprint density at radius 2 is 1.91 bits per heavy atom. The van der Waals surface area contributed by atoms with E-state index in [0.29, 0.717) is 34.3 Å². The number of benzene rings is 2. The van der Waals surface area contributed by atoms with E-state index in [1.165, 1.54) is 32.4 Å². The van der Waals surface area contributed by atoms with Gasteiger partial charge in [0.15, 0.2) is 11.5 Å². The highest BCUT2D eigenvalue weighted by Crippen LogP contribution is 2.30. The number of methoxy groups -OCH3 is 2. The highest BCUT2D eigenvalue weighted by Gasteiger charge is 2.13. The Bertz CT molecular complexity index is 1240. The summed E-state index contributed by atoms with van der Waals surface area (Å²) in [5, 5.41) is 21.0. The molecular weight excluding hydrogens is 428 g/mol. The molecule has 0 aliphatic heterocycles. The van der Waals surface area contributed by atoms with Crippen LogP contribution in [-0.4, -0.2) is 31.2 Å². The molecule has 0 saturated carbocycles. The minimum absolute atomic E-state index is 0.00871. The first kappa shape index (κ1) is 23.0. The minimum atomic E-state index is -1.17. The fourth-order valence-corrected chi connectivity index (χ4v) is 2.83. The maximum absolute atomic E-state index is 12.5. The van der Waals surface area contributed by atoms with Crippen molar-refractivity contribution in [2.24, 2.45) is 0 Å². The van der Waals surface area contributed by atoms with Crippen LogP contribution in [0, 0.1) is 11.3 Å². The van der Waals surface area contributed by atoms with Crippen molar-refractivity contribution in [1.82, 2.24) is 0 Å². The van der Waals surface area contributed by atoms with Crippen molar-refractivity contribution >= 4 is 23.6 Å². The van der Waals surface area contributed by atoms with Gasteiger partial charge in [0.05, 0.1) is 14.2 Å². The lowest BCUT2D eigenvalue weighted by atomic mass is 10.1. The van der Waals surface area contributed by atoms with E-state index < -0.39 is 11.9 Å². The molecule has 9 heteroatoms. The van der Waals surface area contributed by atoms with Crippen molar-refractivity contribution in [3.05, 3.63) is 77.3 Å². The van der Waals surface area contributed by atoms with Crippen LogP contribution in [0.1, 0.15) is 21.9 Å². The van der Waals surface area contributed by atoms with Gasteiger partial charge in [-0.05, 0) is 48.0 Å². The molecule has 0 fully saturated rings. The molecule has 0 unspecified atom stereocenters. The van der Waals surface area contributed by atoms with Gasteiger partial charge < -0.3 is 29.1 Å². The average Bonchev–Trinajstić information content (AvgIpc) is 3.31. The molecule has 3 aromatic rings. The molecule has 1 aromatic heterocycles. The largest absolute Gasteiger partial charge is 0.497 e. The number of carbonyl (C=O) groups excluding carboxylic acids is 1. The Kier molecular flexibility index (Phi) is 7.34. The molecule has 0 saturated heterocycles. The Hall–Kier alpha value is -4.71. The lowest BCUT2D eigenvalue weighted by Crippen LogP contribution is -2.13. The Labute approximate surface area is 189 Å². The second kappa shape index (κ2) is 10.5. The van der Waals surface area contributed by atoms with Gasteiger partial charge in [-0.15, -0.1) is 0 Å². The molecule has 0 aliphatic carbocycles. The van der Waals surface area contributed by atoms with Crippen LogP contribution in [0.25, 0.3) is 6.08 Å². The lowest BCUT2D eigenvalue weighted by Gasteiger charge is -2.11. The molecule has 0 spiro atoms. The van der Waals surface area contributed by atoms with Gasteiger partial charge in [0.25, 0.3) is 5.91 Å². The third-order valence-electron chi connectivity index (χ3n) is 4.43. The number of rotatable bonds is 9. The molecule has 2 aromatic carbocycles. The SMILES string of the molecule is COc1cccc(NC(=O)/C(C#N)=C\c2ccc(OCc3ccc(C(=O)O)o3)c(OC)c2)c1. The van der Waals surface area contributed by atoms with Crippen molar-refractivity contribution in [2.75, 3.05) is 19.5 Å². The summed E-state index contributed by atoms with van der Waals surface area (Å²) in [7, 11) is 2.97. The van der Waals surface area contributed by atoms with Crippen LogP contribution in [0.4, 0.5) is 5.69 Å². The summed E-state index contributed by atoms with van der Waals surface area (Å²) < 4.78 is 21.3. The normalized spacial score (nSPS) is 10.8. The van der Waals surface area contributed by atoms with Crippen molar-refractivity contribution < 1.29 is 33.3 Å².